The van der Waals surface area contributed by atoms with Crippen molar-refractivity contribution in [3.05, 3.63) is 97.1 Å². The quantitative estimate of drug-likeness (QED) is 0.268. The summed E-state index contributed by atoms with van der Waals surface area (Å²) in [7, 11) is -4.03. The van der Waals surface area contributed by atoms with Crippen LogP contribution in [-0.4, -0.2) is 41.7 Å². The minimum Gasteiger partial charge on any atom is -0.364 e. The Bertz CT molecular complexity index is 1740. The fourth-order valence-electron chi connectivity index (χ4n) is 3.91. The number of anilines is 1. The Hall–Kier alpha value is -3.94. The molecule has 8 nitrogen and oxygen atoms in total. The summed E-state index contributed by atoms with van der Waals surface area (Å²) in [6, 6.07) is 22.9. The fraction of sp³-hybridized carbons (Fsp3) is 0.111. The van der Waals surface area contributed by atoms with Gasteiger partial charge < -0.3 is 9.88 Å². The van der Waals surface area contributed by atoms with Crippen LogP contribution in [0.2, 0.25) is 0 Å². The average Bonchev–Trinajstić information content (AvgIpc) is 2.91. The van der Waals surface area contributed by atoms with Crippen molar-refractivity contribution >= 4 is 32.5 Å². The first-order valence-corrected chi connectivity index (χ1v) is 16.2. The first-order valence-electron chi connectivity index (χ1n) is 11.5. The van der Waals surface area contributed by atoms with Gasteiger partial charge in [0.1, 0.15) is 5.82 Å². The lowest BCUT2D eigenvalue weighted by Crippen LogP contribution is -2.06. The van der Waals surface area contributed by atoms with Gasteiger partial charge in [-0.05, 0) is 35.4 Å². The second kappa shape index (κ2) is 9.84. The zero-order valence-electron chi connectivity index (χ0n) is 20.2. The lowest BCUT2D eigenvalue weighted by atomic mass is 10.0. The van der Waals surface area contributed by atoms with E-state index in [0.29, 0.717) is 29.3 Å². The lowest BCUT2D eigenvalue weighted by molar-refractivity contribution is 0.576. The van der Waals surface area contributed by atoms with Gasteiger partial charge in [0.25, 0.3) is 0 Å². The summed E-state index contributed by atoms with van der Waals surface area (Å²) in [5.74, 6) is 0.878. The second-order valence-corrected chi connectivity index (χ2v) is 16.8. The predicted molar refractivity (Wildman–Crippen MR) is 146 cm³/mol. The van der Waals surface area contributed by atoms with Crippen LogP contribution < -0.4 is 5.32 Å². The van der Waals surface area contributed by atoms with Crippen LogP contribution in [0.15, 0.2) is 96.3 Å². The van der Waals surface area contributed by atoms with Gasteiger partial charge in [-0.15, -0.1) is 0 Å². The van der Waals surface area contributed by atoms with Crippen molar-refractivity contribution in [3.63, 3.8) is 0 Å². The third-order valence-corrected chi connectivity index (χ3v) is 11.9. The molecule has 0 bridgehead atoms. The molecule has 3 aromatic heterocycles. The van der Waals surface area contributed by atoms with E-state index in [1.807, 2.05) is 66.7 Å². The maximum Gasteiger partial charge on any atom is 0.230 e. The topological polar surface area (TPSA) is 115 Å². The van der Waals surface area contributed by atoms with E-state index in [4.69, 9.17) is 9.97 Å². The van der Waals surface area contributed by atoms with Crippen LogP contribution in [0, 0.1) is 0 Å². The van der Waals surface area contributed by atoms with Gasteiger partial charge in [0, 0.05) is 37.5 Å². The Morgan fingerprint density at radius 3 is 2.38 bits per heavy atom. The standard InChI is InChI=1S/C27H24N5O3PS/c1-36(2,33)37(34,35)22-15-20(16-28-18-22)26-31-24-13-8-12-23(19-9-4-3-5-10-19)25(24)27(32-26)30-17-21-11-6-7-14-29-21/h3-16,18H,17H2,1-2H3,(H,30,31,32). The molecule has 0 atom stereocenters. The van der Waals surface area contributed by atoms with E-state index in [9.17, 15) is 13.0 Å². The maximum absolute atomic E-state index is 12.8. The molecule has 0 aliphatic heterocycles. The third kappa shape index (κ3) is 5.01. The predicted octanol–water partition coefficient (Wildman–Crippen LogP) is 5.68. The van der Waals surface area contributed by atoms with Crippen LogP contribution >= 0.6 is 6.34 Å². The van der Waals surface area contributed by atoms with E-state index in [1.54, 1.807) is 6.20 Å². The Labute approximate surface area is 214 Å². The summed E-state index contributed by atoms with van der Waals surface area (Å²) >= 11 is 0. The smallest absolute Gasteiger partial charge is 0.230 e. The molecule has 5 aromatic rings. The van der Waals surface area contributed by atoms with Crippen LogP contribution in [-0.2, 0) is 20.6 Å². The molecule has 37 heavy (non-hydrogen) atoms. The van der Waals surface area contributed by atoms with E-state index in [2.05, 4.69) is 15.3 Å². The summed E-state index contributed by atoms with van der Waals surface area (Å²) in [6.45, 7) is 2.88. The number of aromatic nitrogens is 4. The number of nitrogens with zero attached hydrogens (tertiary/aromatic N) is 4. The number of hydrogen-bond acceptors (Lipinski definition) is 8. The number of hydrogen-bond donors (Lipinski definition) is 1. The number of rotatable bonds is 7. The van der Waals surface area contributed by atoms with Gasteiger partial charge in [-0.3, -0.25) is 9.97 Å². The normalized spacial score (nSPS) is 11.9. The van der Waals surface area contributed by atoms with E-state index < -0.39 is 15.8 Å². The van der Waals surface area contributed by atoms with Gasteiger partial charge in [-0.1, -0.05) is 48.5 Å². The fourth-order valence-corrected chi connectivity index (χ4v) is 6.71. The molecular weight excluding hydrogens is 505 g/mol. The van der Waals surface area contributed by atoms with E-state index >= 15 is 0 Å². The van der Waals surface area contributed by atoms with Crippen molar-refractivity contribution in [1.82, 2.24) is 19.9 Å². The molecule has 3 heterocycles. The van der Waals surface area contributed by atoms with Crippen LogP contribution in [0.25, 0.3) is 33.4 Å². The highest BCUT2D eigenvalue weighted by molar-refractivity contribution is 8.52. The Morgan fingerprint density at radius 2 is 1.65 bits per heavy atom. The Kier molecular flexibility index (Phi) is 6.58. The SMILES string of the molecule is CP(C)(=O)S(=O)(=O)c1cncc(-c2nc(NCc3ccccn3)c3c(-c4ccccc4)cccc3n2)c1. The Balaban J connectivity index is 1.68. The largest absolute Gasteiger partial charge is 0.364 e. The van der Waals surface area contributed by atoms with Crippen molar-refractivity contribution in [2.24, 2.45) is 0 Å². The first-order chi connectivity index (χ1) is 17.7. The van der Waals surface area contributed by atoms with Crippen molar-refractivity contribution in [2.75, 3.05) is 18.6 Å². The molecule has 0 aliphatic carbocycles. The summed E-state index contributed by atoms with van der Waals surface area (Å²) in [5, 5.41) is 4.23. The van der Waals surface area contributed by atoms with E-state index in [0.717, 1.165) is 22.2 Å². The molecule has 0 radical (unpaired) electrons. The summed E-state index contributed by atoms with van der Waals surface area (Å²) in [5.41, 5.74) is 3.90. The molecule has 2 aromatic carbocycles. The maximum atomic E-state index is 12.8. The number of fused-ring (bicyclic) bond motifs is 1. The number of benzene rings is 2. The molecular formula is C27H24N5O3PS. The molecule has 1 N–H and O–H groups in total. The zero-order valence-corrected chi connectivity index (χ0v) is 21.9. The van der Waals surface area contributed by atoms with Crippen molar-refractivity contribution in [3.8, 4) is 22.5 Å². The van der Waals surface area contributed by atoms with Gasteiger partial charge in [-0.2, -0.15) is 0 Å². The molecule has 0 aliphatic rings. The second-order valence-electron chi connectivity index (χ2n) is 8.77. The van der Waals surface area contributed by atoms with Crippen molar-refractivity contribution in [1.29, 1.82) is 0 Å². The highest BCUT2D eigenvalue weighted by Gasteiger charge is 2.30. The van der Waals surface area contributed by atoms with Crippen LogP contribution in [0.4, 0.5) is 5.82 Å². The van der Waals surface area contributed by atoms with Crippen molar-refractivity contribution < 1.29 is 13.0 Å². The van der Waals surface area contributed by atoms with Crippen LogP contribution in [0.5, 0.6) is 0 Å². The molecule has 0 amide bonds. The van der Waals surface area contributed by atoms with Gasteiger partial charge in [0.05, 0.1) is 28.0 Å². The Morgan fingerprint density at radius 1 is 0.865 bits per heavy atom. The van der Waals surface area contributed by atoms with Crippen LogP contribution in [0.1, 0.15) is 5.69 Å². The molecule has 0 unspecified atom stereocenters. The number of nitrogens with one attached hydrogen (secondary N) is 1. The van der Waals surface area contributed by atoms with E-state index in [-0.39, 0.29) is 4.90 Å². The van der Waals surface area contributed by atoms with Gasteiger partial charge in [0.15, 0.2) is 12.2 Å². The van der Waals surface area contributed by atoms with E-state index in [1.165, 1.54) is 31.8 Å². The molecule has 5 rings (SSSR count). The monoisotopic (exact) mass is 529 g/mol. The van der Waals surface area contributed by atoms with Gasteiger partial charge in [-0.25, -0.2) is 18.4 Å². The highest BCUT2D eigenvalue weighted by atomic mass is 32.8. The third-order valence-electron chi connectivity index (χ3n) is 5.82. The highest BCUT2D eigenvalue weighted by Crippen LogP contribution is 2.48. The molecule has 186 valence electrons. The van der Waals surface area contributed by atoms with Gasteiger partial charge in [0.2, 0.25) is 9.46 Å². The minimum absolute atomic E-state index is 0.122. The van der Waals surface area contributed by atoms with Crippen molar-refractivity contribution in [2.45, 2.75) is 11.4 Å². The summed E-state index contributed by atoms with van der Waals surface area (Å²) in [6.07, 6.45) is 0.968. The number of pyridine rings is 2. The lowest BCUT2D eigenvalue weighted by Gasteiger charge is -2.15. The molecule has 0 saturated carbocycles. The molecule has 0 fully saturated rings. The zero-order chi connectivity index (χ0) is 26.0. The summed E-state index contributed by atoms with van der Waals surface area (Å²) in [4.78, 5) is 17.9. The molecule has 10 heteroatoms. The van der Waals surface area contributed by atoms with Gasteiger partial charge >= 0.3 is 0 Å². The average molecular weight is 530 g/mol. The minimum atomic E-state index is -4.03. The first kappa shape index (κ1) is 24.7. The molecule has 0 saturated heterocycles. The summed E-state index contributed by atoms with van der Waals surface area (Å²) < 4.78 is 38.1. The van der Waals surface area contributed by atoms with Crippen LogP contribution in [0.3, 0.4) is 0 Å². The molecule has 0 spiro atoms.